The number of fused-ring (bicyclic) bond motifs is 1. The lowest BCUT2D eigenvalue weighted by Gasteiger charge is -2.35. The normalized spacial score (nSPS) is 20.7. The number of aromatic nitrogens is 3. The lowest BCUT2D eigenvalue weighted by molar-refractivity contribution is 0.147. The van der Waals surface area contributed by atoms with Crippen LogP contribution in [-0.2, 0) is 18.7 Å². The van der Waals surface area contributed by atoms with E-state index in [9.17, 15) is 4.79 Å². The fourth-order valence-electron chi connectivity index (χ4n) is 3.74. The summed E-state index contributed by atoms with van der Waals surface area (Å²) in [6.45, 7) is 3.37. The number of oxazole rings is 1. The number of rotatable bonds is 6. The van der Waals surface area contributed by atoms with E-state index < -0.39 is 0 Å². The molecule has 2 aliphatic heterocycles. The van der Waals surface area contributed by atoms with Gasteiger partial charge in [0, 0.05) is 37.4 Å². The summed E-state index contributed by atoms with van der Waals surface area (Å²) < 4.78 is 6.91. The summed E-state index contributed by atoms with van der Waals surface area (Å²) in [5, 5.41) is 7.90. The number of likely N-dealkylation sites (tertiary alicyclic amines) is 1. The molecule has 1 atom stereocenters. The Morgan fingerprint density at radius 3 is 3.19 bits per heavy atom. The fraction of sp³-hybridized carbons (Fsp3) is 0.611. The Hall–Kier alpha value is -1.80. The quantitative estimate of drug-likeness (QED) is 0.827. The predicted molar refractivity (Wildman–Crippen MR) is 103 cm³/mol. The van der Waals surface area contributed by atoms with Crippen LogP contribution in [0.5, 0.6) is 0 Å². The van der Waals surface area contributed by atoms with Gasteiger partial charge in [-0.1, -0.05) is 6.42 Å². The number of hydrogen-bond acceptors (Lipinski definition) is 7. The molecule has 7 nitrogen and oxygen atoms in total. The minimum absolute atomic E-state index is 0.0257. The maximum Gasteiger partial charge on any atom is 0.294 e. The van der Waals surface area contributed by atoms with Crippen LogP contribution in [0, 0.1) is 0 Å². The number of nitrogens with one attached hydrogen (secondary N) is 1. The third-order valence-corrected chi connectivity index (χ3v) is 6.18. The van der Waals surface area contributed by atoms with Crippen LogP contribution < -0.4 is 10.9 Å². The van der Waals surface area contributed by atoms with Gasteiger partial charge in [-0.15, -0.1) is 0 Å². The molecule has 1 fully saturated rings. The van der Waals surface area contributed by atoms with Crippen LogP contribution in [0.25, 0.3) is 0 Å². The zero-order valence-electron chi connectivity index (χ0n) is 14.9. The molecule has 26 heavy (non-hydrogen) atoms. The van der Waals surface area contributed by atoms with E-state index in [2.05, 4.69) is 20.3 Å². The molecule has 2 aliphatic rings. The van der Waals surface area contributed by atoms with Gasteiger partial charge < -0.3 is 9.73 Å². The largest absolute Gasteiger partial charge is 0.432 e. The topological polar surface area (TPSA) is 76.2 Å². The number of piperidine rings is 1. The summed E-state index contributed by atoms with van der Waals surface area (Å²) in [7, 11) is 0. The van der Waals surface area contributed by atoms with Crippen LogP contribution in [0.4, 0.5) is 6.01 Å². The van der Waals surface area contributed by atoms with Crippen LogP contribution in [0.3, 0.4) is 0 Å². The van der Waals surface area contributed by atoms with E-state index in [1.54, 1.807) is 23.2 Å². The zero-order chi connectivity index (χ0) is 17.8. The zero-order valence-corrected chi connectivity index (χ0v) is 15.7. The molecule has 0 radical (unpaired) electrons. The van der Waals surface area contributed by atoms with Crippen molar-refractivity contribution in [2.24, 2.45) is 0 Å². The number of anilines is 1. The standard InChI is InChI=1S/C18H25N5O2S/c24-17-11-14-13-26-10-4-16(14)21-23(17)8-7-22-6-2-1-3-15(22)12-20-18-19-5-9-25-18/h5,9,11,15H,1-4,6-8,10,12-13H2,(H,19,20). The second-order valence-electron chi connectivity index (χ2n) is 6.88. The lowest BCUT2D eigenvalue weighted by atomic mass is 10.0. The molecule has 4 rings (SSSR count). The monoisotopic (exact) mass is 375 g/mol. The molecular formula is C18H25N5O2S. The first-order valence-electron chi connectivity index (χ1n) is 9.35. The van der Waals surface area contributed by atoms with Gasteiger partial charge in [-0.25, -0.2) is 9.67 Å². The van der Waals surface area contributed by atoms with Crippen LogP contribution in [0.2, 0.25) is 0 Å². The van der Waals surface area contributed by atoms with Crippen molar-refractivity contribution in [3.63, 3.8) is 0 Å². The average Bonchev–Trinajstić information content (AvgIpc) is 3.19. The molecule has 8 heteroatoms. The Morgan fingerprint density at radius 2 is 2.31 bits per heavy atom. The minimum Gasteiger partial charge on any atom is -0.432 e. The molecule has 2 aromatic heterocycles. The summed E-state index contributed by atoms with van der Waals surface area (Å²) in [4.78, 5) is 18.9. The molecule has 0 aliphatic carbocycles. The van der Waals surface area contributed by atoms with Gasteiger partial charge in [0.15, 0.2) is 0 Å². The highest BCUT2D eigenvalue weighted by Gasteiger charge is 2.23. The van der Waals surface area contributed by atoms with E-state index in [0.717, 1.165) is 55.2 Å². The SMILES string of the molecule is O=c1cc2c(nn1CCN1CCCCC1CNc1ncco1)CCSC2. The Bertz CT molecular complexity index is 776. The first-order chi connectivity index (χ1) is 12.8. The third kappa shape index (κ3) is 4.12. The average molecular weight is 375 g/mol. The van der Waals surface area contributed by atoms with Gasteiger partial charge in [-0.05, 0) is 30.7 Å². The van der Waals surface area contributed by atoms with Crippen LogP contribution >= 0.6 is 11.8 Å². The molecule has 0 amide bonds. The van der Waals surface area contributed by atoms with Crippen molar-refractivity contribution >= 4 is 17.8 Å². The van der Waals surface area contributed by atoms with E-state index in [4.69, 9.17) is 4.42 Å². The molecule has 140 valence electrons. The summed E-state index contributed by atoms with van der Waals surface area (Å²) in [6.07, 6.45) is 7.79. The number of aryl methyl sites for hydroxylation is 1. The Balaban J connectivity index is 1.38. The second-order valence-corrected chi connectivity index (χ2v) is 7.99. The van der Waals surface area contributed by atoms with Crippen molar-refractivity contribution in [2.75, 3.05) is 30.7 Å². The highest BCUT2D eigenvalue weighted by Crippen LogP contribution is 2.21. The Kier molecular flexibility index (Phi) is 5.59. The summed E-state index contributed by atoms with van der Waals surface area (Å²) in [5.41, 5.74) is 2.25. The van der Waals surface area contributed by atoms with Gasteiger partial charge in [0.05, 0.1) is 18.4 Å². The molecule has 0 spiro atoms. The summed E-state index contributed by atoms with van der Waals surface area (Å²) in [6, 6.07) is 2.79. The summed E-state index contributed by atoms with van der Waals surface area (Å²) >= 11 is 1.88. The van der Waals surface area contributed by atoms with Gasteiger partial charge in [0.1, 0.15) is 6.26 Å². The lowest BCUT2D eigenvalue weighted by Crippen LogP contribution is -2.45. The van der Waals surface area contributed by atoms with E-state index >= 15 is 0 Å². The number of thioether (sulfide) groups is 1. The van der Waals surface area contributed by atoms with Crippen molar-refractivity contribution in [1.29, 1.82) is 0 Å². The molecule has 1 saturated heterocycles. The molecule has 1 N–H and O–H groups in total. The van der Waals surface area contributed by atoms with Gasteiger partial charge in [0.2, 0.25) is 0 Å². The highest BCUT2D eigenvalue weighted by molar-refractivity contribution is 7.98. The minimum atomic E-state index is 0.0257. The van der Waals surface area contributed by atoms with Crippen molar-refractivity contribution in [2.45, 2.75) is 44.0 Å². The van der Waals surface area contributed by atoms with E-state index in [-0.39, 0.29) is 5.56 Å². The van der Waals surface area contributed by atoms with Crippen LogP contribution in [0.1, 0.15) is 30.5 Å². The highest BCUT2D eigenvalue weighted by atomic mass is 32.2. The first kappa shape index (κ1) is 17.6. The number of nitrogens with zero attached hydrogens (tertiary/aromatic N) is 4. The fourth-order valence-corrected chi connectivity index (χ4v) is 4.69. The Morgan fingerprint density at radius 1 is 1.35 bits per heavy atom. The number of hydrogen-bond donors (Lipinski definition) is 1. The molecule has 1 unspecified atom stereocenters. The van der Waals surface area contributed by atoms with Crippen molar-refractivity contribution in [3.05, 3.63) is 40.1 Å². The molecule has 0 aromatic carbocycles. The summed E-state index contributed by atoms with van der Waals surface area (Å²) in [5.74, 6) is 2.01. The Labute approximate surface area is 157 Å². The van der Waals surface area contributed by atoms with Crippen LogP contribution in [-0.4, -0.2) is 51.1 Å². The van der Waals surface area contributed by atoms with Crippen molar-refractivity contribution < 1.29 is 4.42 Å². The van der Waals surface area contributed by atoms with Crippen LogP contribution in [0.15, 0.2) is 27.7 Å². The maximum absolute atomic E-state index is 12.4. The molecule has 4 heterocycles. The molecule has 2 aromatic rings. The van der Waals surface area contributed by atoms with Gasteiger partial charge >= 0.3 is 0 Å². The van der Waals surface area contributed by atoms with Gasteiger partial charge in [-0.3, -0.25) is 9.69 Å². The van der Waals surface area contributed by atoms with Crippen molar-refractivity contribution in [1.82, 2.24) is 19.7 Å². The maximum atomic E-state index is 12.4. The third-order valence-electron chi connectivity index (χ3n) is 5.17. The van der Waals surface area contributed by atoms with E-state index in [1.807, 2.05) is 11.8 Å². The second kappa shape index (κ2) is 8.26. The smallest absolute Gasteiger partial charge is 0.294 e. The predicted octanol–water partition coefficient (Wildman–Crippen LogP) is 1.99. The molecular weight excluding hydrogens is 350 g/mol. The van der Waals surface area contributed by atoms with E-state index in [1.165, 1.54) is 12.8 Å². The van der Waals surface area contributed by atoms with Gasteiger partial charge in [-0.2, -0.15) is 16.9 Å². The van der Waals surface area contributed by atoms with E-state index in [0.29, 0.717) is 18.6 Å². The van der Waals surface area contributed by atoms with Crippen molar-refractivity contribution in [3.8, 4) is 0 Å². The molecule has 0 bridgehead atoms. The first-order valence-corrected chi connectivity index (χ1v) is 10.5. The molecule has 0 saturated carbocycles. The van der Waals surface area contributed by atoms with Gasteiger partial charge in [0.25, 0.3) is 11.6 Å².